The third-order valence-electron chi connectivity index (χ3n) is 2.69. The summed E-state index contributed by atoms with van der Waals surface area (Å²) in [5.74, 6) is 0. The topological polar surface area (TPSA) is 42.2 Å². The van der Waals surface area contributed by atoms with Crippen LogP contribution in [0.3, 0.4) is 0 Å². The van der Waals surface area contributed by atoms with Crippen molar-refractivity contribution in [1.29, 1.82) is 0 Å². The van der Waals surface area contributed by atoms with E-state index in [0.29, 0.717) is 10.7 Å². The van der Waals surface area contributed by atoms with Crippen molar-refractivity contribution in [3.05, 3.63) is 58.9 Å². The molecule has 0 aliphatic carbocycles. The van der Waals surface area contributed by atoms with E-state index >= 15 is 0 Å². The van der Waals surface area contributed by atoms with Gasteiger partial charge in [-0.2, -0.15) is 0 Å². The van der Waals surface area contributed by atoms with Crippen molar-refractivity contribution in [2.75, 3.05) is 12.8 Å². The lowest BCUT2D eigenvalue weighted by molar-refractivity contribution is 0.319. The van der Waals surface area contributed by atoms with Gasteiger partial charge in [0.25, 0.3) is 0 Å². The zero-order valence-corrected chi connectivity index (χ0v) is 11.1. The summed E-state index contributed by atoms with van der Waals surface area (Å²) in [4.78, 5) is 6.31. The highest BCUT2D eigenvalue weighted by atomic mass is 35.5. The normalized spacial score (nSPS) is 10.8. The first-order valence-electron chi connectivity index (χ1n) is 5.76. The highest BCUT2D eigenvalue weighted by molar-refractivity contribution is 6.33. The molecular weight excluding hydrogens is 246 g/mol. The fraction of sp³-hybridized carbons (Fsp3) is 0.214. The molecule has 0 spiro atoms. The van der Waals surface area contributed by atoms with Crippen molar-refractivity contribution in [3.8, 4) is 0 Å². The minimum absolute atomic E-state index is 0.605. The molecule has 1 aromatic heterocycles. The van der Waals surface area contributed by atoms with Crippen LogP contribution in [0.15, 0.2) is 42.7 Å². The van der Waals surface area contributed by atoms with Crippen molar-refractivity contribution in [3.63, 3.8) is 0 Å². The number of benzene rings is 1. The van der Waals surface area contributed by atoms with Crippen LogP contribution < -0.4 is 5.73 Å². The monoisotopic (exact) mass is 261 g/mol. The van der Waals surface area contributed by atoms with Gasteiger partial charge in [-0.25, -0.2) is 0 Å². The lowest BCUT2D eigenvalue weighted by Gasteiger charge is -2.17. The van der Waals surface area contributed by atoms with Crippen LogP contribution in [-0.4, -0.2) is 16.9 Å². The van der Waals surface area contributed by atoms with E-state index < -0.39 is 0 Å². The Morgan fingerprint density at radius 1 is 1.22 bits per heavy atom. The van der Waals surface area contributed by atoms with E-state index in [9.17, 15) is 0 Å². The zero-order chi connectivity index (χ0) is 13.0. The minimum Gasteiger partial charge on any atom is -0.398 e. The van der Waals surface area contributed by atoms with E-state index in [2.05, 4.69) is 23.0 Å². The number of nitrogens with two attached hydrogens (primary N) is 1. The number of rotatable bonds is 4. The van der Waals surface area contributed by atoms with Gasteiger partial charge in [-0.1, -0.05) is 23.7 Å². The number of aromatic nitrogens is 1. The molecule has 2 rings (SSSR count). The van der Waals surface area contributed by atoms with Gasteiger partial charge in [-0.05, 0) is 36.4 Å². The van der Waals surface area contributed by atoms with Crippen molar-refractivity contribution < 1.29 is 0 Å². The molecule has 0 amide bonds. The molecule has 0 atom stereocenters. The Morgan fingerprint density at radius 3 is 2.67 bits per heavy atom. The molecule has 3 nitrogen and oxygen atoms in total. The van der Waals surface area contributed by atoms with Gasteiger partial charge in [0.2, 0.25) is 0 Å². The third-order valence-corrected chi connectivity index (χ3v) is 3.03. The number of halogens is 1. The first-order chi connectivity index (χ1) is 8.65. The predicted octanol–water partition coefficient (Wildman–Crippen LogP) is 2.95. The van der Waals surface area contributed by atoms with Gasteiger partial charge in [0, 0.05) is 25.5 Å². The molecule has 0 bridgehead atoms. The fourth-order valence-corrected chi connectivity index (χ4v) is 1.98. The van der Waals surface area contributed by atoms with Crippen LogP contribution in [0.4, 0.5) is 5.69 Å². The largest absolute Gasteiger partial charge is 0.398 e. The number of hydrogen-bond acceptors (Lipinski definition) is 3. The average Bonchev–Trinajstić information content (AvgIpc) is 2.35. The fourth-order valence-electron chi connectivity index (χ4n) is 1.86. The second-order valence-electron chi connectivity index (χ2n) is 4.39. The Morgan fingerprint density at radius 2 is 2.00 bits per heavy atom. The van der Waals surface area contributed by atoms with Crippen molar-refractivity contribution in [2.45, 2.75) is 13.1 Å². The van der Waals surface area contributed by atoms with Gasteiger partial charge in [0.05, 0.1) is 10.7 Å². The molecule has 2 N–H and O–H groups in total. The van der Waals surface area contributed by atoms with E-state index in [0.717, 1.165) is 18.7 Å². The minimum atomic E-state index is 0.605. The predicted molar refractivity (Wildman–Crippen MR) is 75.3 cm³/mol. The molecule has 4 heteroatoms. The molecule has 94 valence electrons. The van der Waals surface area contributed by atoms with E-state index in [4.69, 9.17) is 17.3 Å². The van der Waals surface area contributed by atoms with E-state index in [-0.39, 0.29) is 0 Å². The molecule has 0 aliphatic heterocycles. The molecule has 0 fully saturated rings. The number of hydrogen-bond donors (Lipinski definition) is 1. The summed E-state index contributed by atoms with van der Waals surface area (Å²) < 4.78 is 0. The lowest BCUT2D eigenvalue weighted by atomic mass is 10.2. The number of anilines is 1. The van der Waals surface area contributed by atoms with Crippen molar-refractivity contribution in [1.82, 2.24) is 9.88 Å². The number of nitrogens with zero attached hydrogens (tertiary/aromatic N) is 2. The van der Waals surface area contributed by atoms with Crippen LogP contribution in [0.5, 0.6) is 0 Å². The molecule has 0 radical (unpaired) electrons. The Labute approximate surface area is 112 Å². The molecule has 18 heavy (non-hydrogen) atoms. The standard InChI is InChI=1S/C14H16ClN3/c1-18(10-12-3-2-6-17-8-12)9-11-4-5-13(15)14(16)7-11/h2-8H,9-10,16H2,1H3. The summed E-state index contributed by atoms with van der Waals surface area (Å²) in [6, 6.07) is 9.77. The van der Waals surface area contributed by atoms with Gasteiger partial charge >= 0.3 is 0 Å². The molecule has 2 aromatic rings. The second kappa shape index (κ2) is 5.85. The molecule has 1 heterocycles. The quantitative estimate of drug-likeness (QED) is 0.861. The smallest absolute Gasteiger partial charge is 0.0635 e. The molecular formula is C14H16ClN3. The highest BCUT2D eigenvalue weighted by Gasteiger charge is 2.03. The van der Waals surface area contributed by atoms with Crippen molar-refractivity contribution >= 4 is 17.3 Å². The third kappa shape index (κ3) is 3.45. The van der Waals surface area contributed by atoms with Crippen LogP contribution in [0.2, 0.25) is 5.02 Å². The Bertz CT molecular complexity index is 514. The van der Waals surface area contributed by atoms with Crippen LogP contribution >= 0.6 is 11.6 Å². The first kappa shape index (κ1) is 12.9. The number of pyridine rings is 1. The lowest BCUT2D eigenvalue weighted by Crippen LogP contribution is -2.17. The zero-order valence-electron chi connectivity index (χ0n) is 10.3. The van der Waals surface area contributed by atoms with E-state index in [1.54, 1.807) is 6.20 Å². The number of nitrogen functional groups attached to an aromatic ring is 1. The van der Waals surface area contributed by atoms with Gasteiger partial charge in [0.1, 0.15) is 0 Å². The Kier molecular flexibility index (Phi) is 4.18. The van der Waals surface area contributed by atoms with Crippen LogP contribution in [0.25, 0.3) is 0 Å². The van der Waals surface area contributed by atoms with Crippen molar-refractivity contribution in [2.24, 2.45) is 0 Å². The summed E-state index contributed by atoms with van der Waals surface area (Å²) in [5.41, 5.74) is 8.77. The summed E-state index contributed by atoms with van der Waals surface area (Å²) in [5, 5.41) is 0.605. The van der Waals surface area contributed by atoms with Crippen LogP contribution in [-0.2, 0) is 13.1 Å². The first-order valence-corrected chi connectivity index (χ1v) is 6.14. The maximum atomic E-state index is 5.90. The molecule has 0 aliphatic rings. The molecule has 0 saturated carbocycles. The van der Waals surface area contributed by atoms with Gasteiger partial charge < -0.3 is 5.73 Å². The maximum Gasteiger partial charge on any atom is 0.0635 e. The van der Waals surface area contributed by atoms with E-state index in [1.165, 1.54) is 5.56 Å². The Hall–Kier alpha value is -1.58. The van der Waals surface area contributed by atoms with Gasteiger partial charge in [-0.3, -0.25) is 9.88 Å². The van der Waals surface area contributed by atoms with Gasteiger partial charge in [0.15, 0.2) is 0 Å². The van der Waals surface area contributed by atoms with Crippen LogP contribution in [0, 0.1) is 0 Å². The summed E-state index contributed by atoms with van der Waals surface area (Å²) in [6.45, 7) is 1.69. The van der Waals surface area contributed by atoms with E-state index in [1.807, 2.05) is 30.5 Å². The highest BCUT2D eigenvalue weighted by Crippen LogP contribution is 2.20. The molecule has 0 unspecified atom stereocenters. The second-order valence-corrected chi connectivity index (χ2v) is 4.80. The van der Waals surface area contributed by atoms with Gasteiger partial charge in [-0.15, -0.1) is 0 Å². The Balaban J connectivity index is 1.99. The maximum absolute atomic E-state index is 5.90. The SMILES string of the molecule is CN(Cc1cccnc1)Cc1ccc(Cl)c(N)c1. The van der Waals surface area contributed by atoms with Crippen LogP contribution in [0.1, 0.15) is 11.1 Å². The average molecular weight is 262 g/mol. The summed E-state index contributed by atoms with van der Waals surface area (Å²) >= 11 is 5.90. The molecule has 0 saturated heterocycles. The summed E-state index contributed by atoms with van der Waals surface area (Å²) in [6.07, 6.45) is 3.66. The summed E-state index contributed by atoms with van der Waals surface area (Å²) in [7, 11) is 2.07. The molecule has 1 aromatic carbocycles.